The third-order valence-corrected chi connectivity index (χ3v) is 6.04. The van der Waals surface area contributed by atoms with Crippen LogP contribution in [0, 0.1) is 0 Å². The molecule has 7 nitrogen and oxygen atoms in total. The van der Waals surface area contributed by atoms with Gasteiger partial charge in [-0.3, -0.25) is 9.69 Å². The molecule has 4 rings (SSSR count). The van der Waals surface area contributed by atoms with Gasteiger partial charge in [0.05, 0.1) is 11.3 Å². The molecular formula is C26H32N6O. The summed E-state index contributed by atoms with van der Waals surface area (Å²) in [5.74, 6) is 0.139. The number of hydrogen-bond donors (Lipinski definition) is 3. The van der Waals surface area contributed by atoms with E-state index in [1.165, 1.54) is 11.9 Å². The SMILES string of the molecule is CC(C)N1CCN(c2ccc(Nc3cc(NCc4ccccc4)c(C(N)=O)cn3)cc2)CC1. The molecule has 1 fully saturated rings. The lowest BCUT2D eigenvalue weighted by molar-refractivity contribution is 0.100. The van der Waals surface area contributed by atoms with Crippen molar-refractivity contribution in [2.45, 2.75) is 26.4 Å². The third-order valence-electron chi connectivity index (χ3n) is 6.04. The Balaban J connectivity index is 1.42. The fourth-order valence-corrected chi connectivity index (χ4v) is 4.06. The van der Waals surface area contributed by atoms with Crippen LogP contribution in [0.5, 0.6) is 0 Å². The van der Waals surface area contributed by atoms with E-state index in [-0.39, 0.29) is 0 Å². The van der Waals surface area contributed by atoms with Crippen LogP contribution in [0.1, 0.15) is 29.8 Å². The number of benzene rings is 2. The number of nitrogens with one attached hydrogen (secondary N) is 2. The zero-order chi connectivity index (χ0) is 23.2. The molecular weight excluding hydrogens is 412 g/mol. The van der Waals surface area contributed by atoms with Gasteiger partial charge in [-0.2, -0.15) is 0 Å². The molecule has 2 aromatic carbocycles. The molecule has 7 heteroatoms. The second-order valence-electron chi connectivity index (χ2n) is 8.61. The number of carbonyl (C=O) groups excluding carboxylic acids is 1. The third kappa shape index (κ3) is 5.81. The summed E-state index contributed by atoms with van der Waals surface area (Å²) in [6.07, 6.45) is 1.51. The van der Waals surface area contributed by atoms with Crippen LogP contribution in [0.2, 0.25) is 0 Å². The van der Waals surface area contributed by atoms with Crippen LogP contribution >= 0.6 is 0 Å². The lowest BCUT2D eigenvalue weighted by Gasteiger charge is -2.38. The van der Waals surface area contributed by atoms with Gasteiger partial charge in [0.15, 0.2) is 0 Å². The van der Waals surface area contributed by atoms with E-state index in [1.807, 2.05) is 36.4 Å². The van der Waals surface area contributed by atoms with Gasteiger partial charge in [0.2, 0.25) is 0 Å². The van der Waals surface area contributed by atoms with Crippen LogP contribution in [-0.2, 0) is 6.54 Å². The highest BCUT2D eigenvalue weighted by Crippen LogP contribution is 2.25. The molecule has 1 amide bonds. The molecule has 172 valence electrons. The van der Waals surface area contributed by atoms with E-state index in [2.05, 4.69) is 63.5 Å². The smallest absolute Gasteiger partial charge is 0.252 e. The summed E-state index contributed by atoms with van der Waals surface area (Å²) >= 11 is 0. The van der Waals surface area contributed by atoms with Crippen LogP contribution in [0.25, 0.3) is 0 Å². The second-order valence-corrected chi connectivity index (χ2v) is 8.61. The van der Waals surface area contributed by atoms with Gasteiger partial charge >= 0.3 is 0 Å². The molecule has 0 aliphatic carbocycles. The van der Waals surface area contributed by atoms with E-state index >= 15 is 0 Å². The Morgan fingerprint density at radius 2 is 1.73 bits per heavy atom. The number of hydrogen-bond acceptors (Lipinski definition) is 6. The first-order chi connectivity index (χ1) is 16.0. The fourth-order valence-electron chi connectivity index (χ4n) is 4.06. The minimum absolute atomic E-state index is 0.368. The number of amides is 1. The van der Waals surface area contributed by atoms with Crippen LogP contribution in [0.3, 0.4) is 0 Å². The van der Waals surface area contributed by atoms with Gasteiger partial charge in [-0.1, -0.05) is 30.3 Å². The number of nitrogens with two attached hydrogens (primary N) is 1. The van der Waals surface area contributed by atoms with E-state index in [0.29, 0.717) is 29.7 Å². The van der Waals surface area contributed by atoms with Crippen molar-refractivity contribution >= 4 is 28.8 Å². The summed E-state index contributed by atoms with van der Waals surface area (Å²) in [5, 5.41) is 6.64. The maximum absolute atomic E-state index is 11.9. The summed E-state index contributed by atoms with van der Waals surface area (Å²) in [7, 11) is 0. The van der Waals surface area contributed by atoms with Gasteiger partial charge < -0.3 is 21.3 Å². The van der Waals surface area contributed by atoms with Crippen molar-refractivity contribution in [2.75, 3.05) is 41.7 Å². The summed E-state index contributed by atoms with van der Waals surface area (Å²) in [4.78, 5) is 21.2. The van der Waals surface area contributed by atoms with Crippen molar-refractivity contribution in [3.63, 3.8) is 0 Å². The monoisotopic (exact) mass is 444 g/mol. The zero-order valence-electron chi connectivity index (χ0n) is 19.3. The number of primary amides is 1. The van der Waals surface area contributed by atoms with E-state index in [9.17, 15) is 4.79 Å². The van der Waals surface area contributed by atoms with Gasteiger partial charge in [0, 0.05) is 62.4 Å². The first-order valence-corrected chi connectivity index (χ1v) is 11.4. The molecule has 33 heavy (non-hydrogen) atoms. The maximum Gasteiger partial charge on any atom is 0.252 e. The van der Waals surface area contributed by atoms with Gasteiger partial charge in [-0.05, 0) is 43.7 Å². The predicted octanol–water partition coefficient (Wildman–Crippen LogP) is 4.07. The van der Waals surface area contributed by atoms with Gasteiger partial charge in [0.1, 0.15) is 5.82 Å². The Kier molecular flexibility index (Phi) is 7.10. The Morgan fingerprint density at radius 3 is 2.36 bits per heavy atom. The molecule has 3 aromatic rings. The Morgan fingerprint density at radius 1 is 1.03 bits per heavy atom. The number of piperazine rings is 1. The van der Waals surface area contributed by atoms with Crippen molar-refractivity contribution in [1.29, 1.82) is 0 Å². The first kappa shape index (κ1) is 22.6. The van der Waals surface area contributed by atoms with Crippen molar-refractivity contribution in [3.8, 4) is 0 Å². The number of nitrogens with zero attached hydrogens (tertiary/aromatic N) is 3. The van der Waals surface area contributed by atoms with Crippen LogP contribution in [0.4, 0.5) is 22.9 Å². The molecule has 0 radical (unpaired) electrons. The van der Waals surface area contributed by atoms with Crippen LogP contribution in [0.15, 0.2) is 66.9 Å². The number of aromatic nitrogens is 1. The molecule has 1 aromatic heterocycles. The van der Waals surface area contributed by atoms with E-state index in [1.54, 1.807) is 0 Å². The average molecular weight is 445 g/mol. The quantitative estimate of drug-likeness (QED) is 0.486. The van der Waals surface area contributed by atoms with Gasteiger partial charge in [0.25, 0.3) is 5.91 Å². The highest BCUT2D eigenvalue weighted by Gasteiger charge is 2.19. The van der Waals surface area contributed by atoms with Crippen molar-refractivity contribution in [2.24, 2.45) is 5.73 Å². The lowest BCUT2D eigenvalue weighted by atomic mass is 10.2. The van der Waals surface area contributed by atoms with Gasteiger partial charge in [-0.15, -0.1) is 0 Å². The molecule has 0 unspecified atom stereocenters. The zero-order valence-corrected chi connectivity index (χ0v) is 19.3. The number of anilines is 4. The van der Waals surface area contributed by atoms with Crippen molar-refractivity contribution in [3.05, 3.63) is 78.0 Å². The highest BCUT2D eigenvalue weighted by atomic mass is 16.1. The molecule has 2 heterocycles. The number of rotatable bonds is 8. The minimum Gasteiger partial charge on any atom is -0.380 e. The molecule has 0 bridgehead atoms. The maximum atomic E-state index is 11.9. The summed E-state index contributed by atoms with van der Waals surface area (Å²) in [5.41, 5.74) is 9.86. The van der Waals surface area contributed by atoms with E-state index < -0.39 is 5.91 Å². The summed E-state index contributed by atoms with van der Waals surface area (Å²) in [6.45, 7) is 9.35. The molecule has 1 saturated heterocycles. The van der Waals surface area contributed by atoms with Crippen LogP contribution < -0.4 is 21.3 Å². The fraction of sp³-hybridized carbons (Fsp3) is 0.308. The molecule has 1 aliphatic heterocycles. The van der Waals surface area contributed by atoms with Crippen LogP contribution in [-0.4, -0.2) is 48.0 Å². The van der Waals surface area contributed by atoms with E-state index in [4.69, 9.17) is 5.73 Å². The number of pyridine rings is 1. The summed E-state index contributed by atoms with van der Waals surface area (Å²) in [6, 6.07) is 20.8. The molecule has 1 aliphatic rings. The highest BCUT2D eigenvalue weighted by molar-refractivity contribution is 5.98. The minimum atomic E-state index is -0.508. The topological polar surface area (TPSA) is 86.5 Å². The van der Waals surface area contributed by atoms with Crippen molar-refractivity contribution < 1.29 is 4.79 Å². The normalized spacial score (nSPS) is 14.3. The Bertz CT molecular complexity index is 1060. The average Bonchev–Trinajstić information content (AvgIpc) is 2.84. The molecule has 0 spiro atoms. The Hall–Kier alpha value is -3.58. The largest absolute Gasteiger partial charge is 0.380 e. The molecule has 0 saturated carbocycles. The molecule has 0 atom stereocenters. The Labute approximate surface area is 195 Å². The molecule has 4 N–H and O–H groups in total. The van der Waals surface area contributed by atoms with Crippen molar-refractivity contribution in [1.82, 2.24) is 9.88 Å². The van der Waals surface area contributed by atoms with Gasteiger partial charge in [-0.25, -0.2) is 4.98 Å². The summed E-state index contributed by atoms with van der Waals surface area (Å²) < 4.78 is 0. The van der Waals surface area contributed by atoms with E-state index in [0.717, 1.165) is 37.4 Å². The first-order valence-electron chi connectivity index (χ1n) is 11.4. The second kappa shape index (κ2) is 10.4. The lowest BCUT2D eigenvalue weighted by Crippen LogP contribution is -2.48. The number of carbonyl (C=O) groups is 1. The predicted molar refractivity (Wildman–Crippen MR) is 135 cm³/mol. The standard InChI is InChI=1S/C26H32N6O/c1-19(2)31-12-14-32(15-13-31)22-10-8-21(9-11-22)30-25-16-24(23(18-29-25)26(27)33)28-17-20-6-4-3-5-7-20/h3-11,16,18-19H,12-15,17H2,1-2H3,(H2,27,33)(H2,28,29,30).